The number of carboxylic acids is 1. The normalized spacial score (nSPS) is 14.1. The van der Waals surface area contributed by atoms with E-state index in [2.05, 4.69) is 11.9 Å². The first kappa shape index (κ1) is 22.1. The smallest absolute Gasteiger partial charge is 0.326 e. The Kier molecular flexibility index (Phi) is 9.49. The van der Waals surface area contributed by atoms with E-state index in [-0.39, 0.29) is 44.2 Å². The van der Waals surface area contributed by atoms with Crippen molar-refractivity contribution in [3.8, 4) is 0 Å². The number of imide groups is 1. The van der Waals surface area contributed by atoms with Crippen LogP contribution in [0.4, 0.5) is 0 Å². The second kappa shape index (κ2) is 11.6. The molecule has 1 heterocycles. The summed E-state index contributed by atoms with van der Waals surface area (Å²) in [7, 11) is 0. The van der Waals surface area contributed by atoms with Gasteiger partial charge in [0, 0.05) is 31.5 Å². The van der Waals surface area contributed by atoms with E-state index in [4.69, 9.17) is 9.84 Å². The number of carboxylic acid groups (broad SMARTS) is 1. The fraction of sp³-hybridized carbons (Fsp3) is 0.500. The Morgan fingerprint density at radius 3 is 2.41 bits per heavy atom. The lowest BCUT2D eigenvalue weighted by Crippen LogP contribution is -2.41. The number of hydrogen-bond donors (Lipinski definition) is 2. The molecular formula is C18H24N2O7. The van der Waals surface area contributed by atoms with Crippen LogP contribution < -0.4 is 5.32 Å². The molecule has 0 saturated carbocycles. The molecule has 0 aliphatic carbocycles. The fourth-order valence-corrected chi connectivity index (χ4v) is 2.39. The van der Waals surface area contributed by atoms with Crippen molar-refractivity contribution in [2.45, 2.75) is 44.6 Å². The summed E-state index contributed by atoms with van der Waals surface area (Å²) in [5.74, 6) is -2.89. The van der Waals surface area contributed by atoms with Crippen molar-refractivity contribution >= 4 is 29.7 Å². The van der Waals surface area contributed by atoms with Crippen LogP contribution in [0.2, 0.25) is 0 Å². The van der Waals surface area contributed by atoms with Gasteiger partial charge in [-0.25, -0.2) is 4.79 Å². The number of nitrogens with one attached hydrogen (secondary N) is 1. The van der Waals surface area contributed by atoms with E-state index < -0.39 is 23.9 Å². The molecule has 0 spiro atoms. The summed E-state index contributed by atoms with van der Waals surface area (Å²) < 4.78 is 4.76. The maximum Gasteiger partial charge on any atom is 0.326 e. The molecule has 3 amide bonds. The van der Waals surface area contributed by atoms with Crippen LogP contribution in [0.1, 0.15) is 38.5 Å². The molecule has 1 atom stereocenters. The largest absolute Gasteiger partial charge is 0.480 e. The Bertz CT molecular complexity index is 609. The summed E-state index contributed by atoms with van der Waals surface area (Å²) >= 11 is 0. The Balaban J connectivity index is 2.22. The van der Waals surface area contributed by atoms with Gasteiger partial charge in [-0.1, -0.05) is 19.1 Å². The first-order valence-corrected chi connectivity index (χ1v) is 8.67. The Morgan fingerprint density at radius 2 is 1.81 bits per heavy atom. The van der Waals surface area contributed by atoms with E-state index in [1.165, 1.54) is 18.2 Å². The number of nitrogens with zero attached hydrogens (tertiary/aromatic N) is 1. The van der Waals surface area contributed by atoms with Gasteiger partial charge in [-0.2, -0.15) is 0 Å². The van der Waals surface area contributed by atoms with Crippen LogP contribution in [0.25, 0.3) is 0 Å². The monoisotopic (exact) mass is 380 g/mol. The minimum absolute atomic E-state index is 0.0492. The van der Waals surface area contributed by atoms with E-state index in [1.54, 1.807) is 0 Å². The highest BCUT2D eigenvalue weighted by atomic mass is 16.5. The molecule has 1 aliphatic heterocycles. The topological polar surface area (TPSA) is 130 Å². The minimum atomic E-state index is -1.22. The molecule has 1 aliphatic rings. The Labute approximate surface area is 157 Å². The Hall–Kier alpha value is -2.97. The van der Waals surface area contributed by atoms with Crippen molar-refractivity contribution < 1.29 is 33.8 Å². The zero-order valence-electron chi connectivity index (χ0n) is 15.0. The van der Waals surface area contributed by atoms with Crippen molar-refractivity contribution in [3.63, 3.8) is 0 Å². The molecule has 0 saturated heterocycles. The van der Waals surface area contributed by atoms with Crippen LogP contribution in [-0.4, -0.2) is 58.9 Å². The second-order valence-electron chi connectivity index (χ2n) is 5.94. The van der Waals surface area contributed by atoms with E-state index in [0.717, 1.165) is 4.90 Å². The molecule has 0 bridgehead atoms. The van der Waals surface area contributed by atoms with Gasteiger partial charge in [-0.3, -0.25) is 24.1 Å². The molecule has 148 valence electrons. The van der Waals surface area contributed by atoms with Crippen LogP contribution in [0.5, 0.6) is 0 Å². The number of carbonyl (C=O) groups excluding carboxylic acids is 4. The van der Waals surface area contributed by atoms with E-state index in [9.17, 15) is 24.0 Å². The number of ether oxygens (including phenoxy) is 1. The summed E-state index contributed by atoms with van der Waals surface area (Å²) in [6, 6.07) is -1.17. The third-order valence-corrected chi connectivity index (χ3v) is 3.82. The average Bonchev–Trinajstić information content (AvgIpc) is 2.94. The van der Waals surface area contributed by atoms with Gasteiger partial charge in [0.25, 0.3) is 11.8 Å². The summed E-state index contributed by atoms with van der Waals surface area (Å²) in [5, 5.41) is 11.5. The number of hydrogen-bond acceptors (Lipinski definition) is 6. The quantitative estimate of drug-likeness (QED) is 0.206. The lowest BCUT2D eigenvalue weighted by molar-refractivity contribution is -0.145. The van der Waals surface area contributed by atoms with Crippen molar-refractivity contribution in [1.29, 1.82) is 0 Å². The van der Waals surface area contributed by atoms with Crippen LogP contribution in [0.3, 0.4) is 0 Å². The first-order valence-electron chi connectivity index (χ1n) is 8.67. The average molecular weight is 380 g/mol. The summed E-state index contributed by atoms with van der Waals surface area (Å²) in [6.45, 7) is 3.74. The molecule has 0 aromatic carbocycles. The zero-order chi connectivity index (χ0) is 20.2. The summed E-state index contributed by atoms with van der Waals surface area (Å²) in [4.78, 5) is 58.3. The second-order valence-corrected chi connectivity index (χ2v) is 5.94. The van der Waals surface area contributed by atoms with Gasteiger partial charge in [0.2, 0.25) is 5.91 Å². The zero-order valence-corrected chi connectivity index (χ0v) is 15.0. The molecule has 0 aromatic heterocycles. The maximum absolute atomic E-state index is 11.9. The molecule has 27 heavy (non-hydrogen) atoms. The van der Waals surface area contributed by atoms with Crippen molar-refractivity contribution in [3.05, 3.63) is 24.8 Å². The number of esters is 1. The van der Waals surface area contributed by atoms with Gasteiger partial charge < -0.3 is 15.2 Å². The van der Waals surface area contributed by atoms with Gasteiger partial charge in [0.05, 0.1) is 0 Å². The molecule has 1 rings (SSSR count). The van der Waals surface area contributed by atoms with Crippen LogP contribution >= 0.6 is 0 Å². The van der Waals surface area contributed by atoms with E-state index in [1.807, 2.05) is 0 Å². The van der Waals surface area contributed by atoms with Crippen LogP contribution in [0, 0.1) is 0 Å². The van der Waals surface area contributed by atoms with E-state index >= 15 is 0 Å². The Morgan fingerprint density at radius 1 is 1.15 bits per heavy atom. The molecular weight excluding hydrogens is 356 g/mol. The van der Waals surface area contributed by atoms with Gasteiger partial charge in [-0.15, -0.1) is 0 Å². The lowest BCUT2D eigenvalue weighted by atomic mass is 10.1. The molecule has 0 unspecified atom stereocenters. The van der Waals surface area contributed by atoms with Gasteiger partial charge in [0.1, 0.15) is 12.6 Å². The van der Waals surface area contributed by atoms with Crippen LogP contribution in [0.15, 0.2) is 24.8 Å². The molecule has 0 fully saturated rings. The standard InChI is InChI=1S/C18H24N2O7/c1-2-12-27-17(24)10-7-13(18(25)26)19-14(21)6-4-3-5-11-20-15(22)8-9-16(20)23/h2,8-9,13H,1,3-7,10-12H2,(H,19,21)(H,25,26)/t13-/m0/s1. The first-order chi connectivity index (χ1) is 12.8. The summed E-state index contributed by atoms with van der Waals surface area (Å²) in [6.07, 6.45) is 5.42. The number of amides is 3. The third kappa shape index (κ3) is 8.30. The van der Waals surface area contributed by atoms with Crippen molar-refractivity contribution in [2.24, 2.45) is 0 Å². The lowest BCUT2D eigenvalue weighted by Gasteiger charge is -2.15. The van der Waals surface area contributed by atoms with E-state index in [0.29, 0.717) is 19.3 Å². The van der Waals surface area contributed by atoms with Crippen molar-refractivity contribution in [1.82, 2.24) is 10.2 Å². The van der Waals surface area contributed by atoms with Crippen molar-refractivity contribution in [2.75, 3.05) is 13.2 Å². The number of unbranched alkanes of at least 4 members (excludes halogenated alkanes) is 2. The van der Waals surface area contributed by atoms with Gasteiger partial charge in [-0.05, 0) is 19.3 Å². The molecule has 9 nitrogen and oxygen atoms in total. The molecule has 0 aromatic rings. The van der Waals surface area contributed by atoms with Gasteiger partial charge >= 0.3 is 11.9 Å². The highest BCUT2D eigenvalue weighted by Gasteiger charge is 2.23. The minimum Gasteiger partial charge on any atom is -0.480 e. The number of carbonyl (C=O) groups is 5. The highest BCUT2D eigenvalue weighted by Crippen LogP contribution is 2.08. The number of rotatable bonds is 13. The maximum atomic E-state index is 11.9. The predicted octanol–water partition coefficient (Wildman–Crippen LogP) is 0.551. The predicted molar refractivity (Wildman–Crippen MR) is 94.3 cm³/mol. The molecule has 9 heteroatoms. The third-order valence-electron chi connectivity index (χ3n) is 3.82. The fourth-order valence-electron chi connectivity index (χ4n) is 2.39. The highest BCUT2D eigenvalue weighted by molar-refractivity contribution is 6.12. The SMILES string of the molecule is C=CCOC(=O)CC[C@H](NC(=O)CCCCCN1C(=O)C=CC1=O)C(=O)O. The molecule has 0 radical (unpaired) electrons. The molecule has 2 N–H and O–H groups in total. The van der Waals surface area contributed by atoms with Gasteiger partial charge in [0.15, 0.2) is 0 Å². The number of aliphatic carboxylic acids is 1. The van der Waals surface area contributed by atoms with Crippen LogP contribution in [-0.2, 0) is 28.7 Å². The summed E-state index contributed by atoms with van der Waals surface area (Å²) in [5.41, 5.74) is 0.